The topological polar surface area (TPSA) is 88.2 Å². The zero-order chi connectivity index (χ0) is 13.9. The maximum atomic E-state index is 10.4. The molecule has 0 atom stereocenters. The zero-order valence-electron chi connectivity index (χ0n) is 10.4. The summed E-state index contributed by atoms with van der Waals surface area (Å²) in [6.07, 6.45) is 1.64. The molecule has 20 heavy (non-hydrogen) atoms. The second-order valence-corrected chi connectivity index (χ2v) is 4.20. The third-order valence-electron chi connectivity index (χ3n) is 2.84. The van der Waals surface area contributed by atoms with Gasteiger partial charge in [-0.15, -0.1) is 10.2 Å². The lowest BCUT2D eigenvalue weighted by Crippen LogP contribution is -2.13. The number of aromatic nitrogens is 2. The van der Waals surface area contributed by atoms with Gasteiger partial charge in [-0.2, -0.15) is 0 Å². The summed E-state index contributed by atoms with van der Waals surface area (Å²) in [7, 11) is 0. The second kappa shape index (κ2) is 5.00. The molecule has 0 radical (unpaired) electrons. The quantitative estimate of drug-likeness (QED) is 0.756. The Morgan fingerprint density at radius 3 is 2.80 bits per heavy atom. The van der Waals surface area contributed by atoms with E-state index in [4.69, 9.17) is 9.52 Å². The smallest absolute Gasteiger partial charge is 0.322 e. The molecule has 2 N–H and O–H groups in total. The minimum atomic E-state index is -0.947. The van der Waals surface area contributed by atoms with Crippen molar-refractivity contribution >= 4 is 22.8 Å². The van der Waals surface area contributed by atoms with Crippen LogP contribution in [0.15, 0.2) is 47.1 Å². The molecular weight excluding hydrogens is 258 g/mol. The lowest BCUT2D eigenvalue weighted by molar-refractivity contribution is -0.134. The number of rotatable bonds is 4. The first-order chi connectivity index (χ1) is 9.74. The van der Waals surface area contributed by atoms with E-state index in [2.05, 4.69) is 15.5 Å². The number of hydrogen-bond acceptors (Lipinski definition) is 5. The summed E-state index contributed by atoms with van der Waals surface area (Å²) in [5.74, 6) is -0.527. The highest BCUT2D eigenvalue weighted by Crippen LogP contribution is 2.28. The van der Waals surface area contributed by atoms with Crippen LogP contribution < -0.4 is 5.32 Å². The molecule has 6 heteroatoms. The van der Waals surface area contributed by atoms with E-state index < -0.39 is 5.97 Å². The van der Waals surface area contributed by atoms with Gasteiger partial charge in [-0.05, 0) is 18.2 Å². The van der Waals surface area contributed by atoms with Crippen LogP contribution >= 0.6 is 0 Å². The van der Waals surface area contributed by atoms with Crippen LogP contribution in [0.4, 0.5) is 5.82 Å². The molecule has 100 valence electrons. The van der Waals surface area contributed by atoms with Crippen molar-refractivity contribution in [2.24, 2.45) is 0 Å². The van der Waals surface area contributed by atoms with Gasteiger partial charge in [0.1, 0.15) is 24.2 Å². The highest BCUT2D eigenvalue weighted by Gasteiger charge is 2.09. The number of hydrogen-bond donors (Lipinski definition) is 2. The predicted molar refractivity (Wildman–Crippen MR) is 73.4 cm³/mol. The zero-order valence-corrected chi connectivity index (χ0v) is 10.4. The first-order valence-electron chi connectivity index (χ1n) is 6.00. The third-order valence-corrected chi connectivity index (χ3v) is 2.84. The molecule has 0 amide bonds. The van der Waals surface area contributed by atoms with Crippen molar-refractivity contribution in [2.45, 2.75) is 0 Å². The van der Waals surface area contributed by atoms with Gasteiger partial charge in [0, 0.05) is 10.9 Å². The number of para-hydroxylation sites is 1. The van der Waals surface area contributed by atoms with Crippen molar-refractivity contribution in [1.82, 2.24) is 10.2 Å². The van der Waals surface area contributed by atoms with Crippen LogP contribution in [0.5, 0.6) is 0 Å². The number of fused-ring (bicyclic) bond motifs is 1. The Bertz CT molecular complexity index is 750. The molecule has 0 saturated carbocycles. The Hall–Kier alpha value is -2.89. The van der Waals surface area contributed by atoms with Crippen molar-refractivity contribution < 1.29 is 14.3 Å². The average molecular weight is 269 g/mol. The van der Waals surface area contributed by atoms with Crippen molar-refractivity contribution in [3.05, 3.63) is 42.7 Å². The molecule has 0 saturated heterocycles. The van der Waals surface area contributed by atoms with Gasteiger partial charge in [-0.25, -0.2) is 0 Å². The molecule has 0 bridgehead atoms. The number of carboxylic acids is 1. The minimum Gasteiger partial charge on any atom is -0.480 e. The standard InChI is InChI=1S/C14H11N3O3/c18-14(19)7-15-13-6-5-11(16-17-13)10-8-20-12-4-2-1-3-9(10)12/h1-6,8H,7H2,(H,15,17)(H,18,19). The molecule has 2 heterocycles. The second-order valence-electron chi connectivity index (χ2n) is 4.20. The predicted octanol–water partition coefficient (Wildman–Crippen LogP) is 2.39. The molecule has 0 fully saturated rings. The van der Waals surface area contributed by atoms with Gasteiger partial charge >= 0.3 is 5.97 Å². The summed E-state index contributed by atoms with van der Waals surface area (Å²) in [6, 6.07) is 11.1. The molecule has 0 aliphatic heterocycles. The number of benzene rings is 1. The SMILES string of the molecule is O=C(O)CNc1ccc(-c2coc3ccccc23)nn1. The minimum absolute atomic E-state index is 0.192. The van der Waals surface area contributed by atoms with Crippen LogP contribution in [0.3, 0.4) is 0 Å². The van der Waals surface area contributed by atoms with Crippen molar-refractivity contribution in [3.8, 4) is 11.3 Å². The summed E-state index contributed by atoms with van der Waals surface area (Å²) < 4.78 is 5.45. The van der Waals surface area contributed by atoms with Gasteiger partial charge in [0.05, 0.1) is 5.69 Å². The number of nitrogens with zero attached hydrogens (tertiary/aromatic N) is 2. The van der Waals surface area contributed by atoms with Crippen molar-refractivity contribution in [1.29, 1.82) is 0 Å². The summed E-state index contributed by atoms with van der Waals surface area (Å²) in [5, 5.41) is 20.2. The highest BCUT2D eigenvalue weighted by atomic mass is 16.4. The van der Waals surface area contributed by atoms with Gasteiger partial charge in [-0.1, -0.05) is 18.2 Å². The van der Waals surface area contributed by atoms with E-state index >= 15 is 0 Å². The van der Waals surface area contributed by atoms with Crippen LogP contribution in [0.2, 0.25) is 0 Å². The number of aliphatic carboxylic acids is 1. The van der Waals surface area contributed by atoms with Crippen LogP contribution in [0, 0.1) is 0 Å². The molecule has 0 aliphatic rings. The van der Waals surface area contributed by atoms with E-state index in [1.165, 1.54) is 0 Å². The van der Waals surface area contributed by atoms with E-state index in [1.807, 2.05) is 24.3 Å². The molecule has 0 aliphatic carbocycles. The maximum Gasteiger partial charge on any atom is 0.322 e. The lowest BCUT2D eigenvalue weighted by Gasteiger charge is -2.02. The summed E-state index contributed by atoms with van der Waals surface area (Å²) >= 11 is 0. The van der Waals surface area contributed by atoms with E-state index in [0.29, 0.717) is 11.5 Å². The summed E-state index contributed by atoms with van der Waals surface area (Å²) in [5.41, 5.74) is 2.33. The highest BCUT2D eigenvalue weighted by molar-refractivity contribution is 5.92. The molecule has 3 rings (SSSR count). The molecule has 3 aromatic rings. The fourth-order valence-corrected chi connectivity index (χ4v) is 1.91. The Morgan fingerprint density at radius 2 is 2.05 bits per heavy atom. The molecule has 6 nitrogen and oxygen atoms in total. The van der Waals surface area contributed by atoms with Crippen LogP contribution in [-0.4, -0.2) is 27.8 Å². The van der Waals surface area contributed by atoms with E-state index in [0.717, 1.165) is 16.5 Å². The normalized spacial score (nSPS) is 10.6. The first kappa shape index (κ1) is 12.2. The van der Waals surface area contributed by atoms with Crippen LogP contribution in [0.1, 0.15) is 0 Å². The van der Waals surface area contributed by atoms with Crippen molar-refractivity contribution in [2.75, 3.05) is 11.9 Å². The summed E-state index contributed by atoms with van der Waals surface area (Å²) in [4.78, 5) is 10.4. The number of carboxylic acid groups (broad SMARTS) is 1. The third kappa shape index (κ3) is 2.31. The Morgan fingerprint density at radius 1 is 1.20 bits per heavy atom. The van der Waals surface area contributed by atoms with Crippen LogP contribution in [-0.2, 0) is 4.79 Å². The summed E-state index contributed by atoms with van der Waals surface area (Å²) in [6.45, 7) is -0.192. The number of anilines is 1. The fraction of sp³-hybridized carbons (Fsp3) is 0.0714. The van der Waals surface area contributed by atoms with E-state index in [-0.39, 0.29) is 6.54 Å². The Labute approximate surface area is 114 Å². The van der Waals surface area contributed by atoms with Gasteiger partial charge in [0.2, 0.25) is 0 Å². The number of carbonyl (C=O) groups is 1. The van der Waals surface area contributed by atoms with Crippen molar-refractivity contribution in [3.63, 3.8) is 0 Å². The molecule has 0 spiro atoms. The fourth-order valence-electron chi connectivity index (χ4n) is 1.91. The number of furan rings is 1. The largest absolute Gasteiger partial charge is 0.480 e. The van der Waals surface area contributed by atoms with Gasteiger partial charge < -0.3 is 14.8 Å². The van der Waals surface area contributed by atoms with E-state index in [9.17, 15) is 4.79 Å². The molecule has 1 aromatic carbocycles. The van der Waals surface area contributed by atoms with Gasteiger partial charge in [0.15, 0.2) is 0 Å². The average Bonchev–Trinajstić information content (AvgIpc) is 2.89. The van der Waals surface area contributed by atoms with Crippen LogP contribution in [0.25, 0.3) is 22.2 Å². The molecule has 0 unspecified atom stereocenters. The van der Waals surface area contributed by atoms with E-state index in [1.54, 1.807) is 18.4 Å². The Balaban J connectivity index is 1.89. The maximum absolute atomic E-state index is 10.4. The van der Waals surface area contributed by atoms with Gasteiger partial charge in [0.25, 0.3) is 0 Å². The lowest BCUT2D eigenvalue weighted by atomic mass is 10.1. The molecular formula is C14H11N3O3. The Kier molecular flexibility index (Phi) is 3.04. The number of nitrogens with one attached hydrogen (secondary N) is 1. The molecule has 2 aromatic heterocycles. The monoisotopic (exact) mass is 269 g/mol. The first-order valence-corrected chi connectivity index (χ1v) is 6.00. The van der Waals surface area contributed by atoms with Gasteiger partial charge in [-0.3, -0.25) is 4.79 Å².